The summed E-state index contributed by atoms with van der Waals surface area (Å²) in [6, 6.07) is 2.01. The van der Waals surface area contributed by atoms with Gasteiger partial charge in [-0.15, -0.1) is 0 Å². The van der Waals surface area contributed by atoms with Crippen LogP contribution in [0.4, 0.5) is 0 Å². The first-order valence-electron chi connectivity index (χ1n) is 5.54. The van der Waals surface area contributed by atoms with E-state index >= 15 is 0 Å². The Hall–Kier alpha value is -0.870. The zero-order valence-electron chi connectivity index (χ0n) is 10.6. The zero-order valence-corrected chi connectivity index (χ0v) is 12.2. The summed E-state index contributed by atoms with van der Waals surface area (Å²) in [7, 11) is 1.59. The van der Waals surface area contributed by atoms with Crippen LogP contribution in [0.1, 0.15) is 41.3 Å². The second kappa shape index (κ2) is 5.65. The molecule has 0 heterocycles. The molecule has 0 aliphatic carbocycles. The number of ether oxygens (including phenoxy) is 1. The van der Waals surface area contributed by atoms with E-state index in [2.05, 4.69) is 29.8 Å². The summed E-state index contributed by atoms with van der Waals surface area (Å²) in [5.41, 5.74) is 7.94. The van der Waals surface area contributed by atoms with Crippen LogP contribution < -0.4 is 10.5 Å². The Morgan fingerprint density at radius 3 is 2.53 bits per heavy atom. The lowest BCUT2D eigenvalue weighted by Crippen LogP contribution is -2.17. The van der Waals surface area contributed by atoms with Crippen molar-refractivity contribution in [2.45, 2.75) is 26.7 Å². The van der Waals surface area contributed by atoms with E-state index in [0.717, 1.165) is 15.6 Å². The topological polar surface area (TPSA) is 52.3 Å². The molecule has 0 radical (unpaired) electrons. The number of nitrogens with two attached hydrogens (primary N) is 1. The fourth-order valence-electron chi connectivity index (χ4n) is 1.83. The molecule has 0 amide bonds. The Morgan fingerprint density at radius 1 is 1.53 bits per heavy atom. The number of halogens is 1. The molecule has 1 aromatic rings. The summed E-state index contributed by atoms with van der Waals surface area (Å²) < 4.78 is 6.31. The number of carbonyl (C=O) groups excluding carboxylic acids is 1. The second-order valence-electron chi connectivity index (χ2n) is 4.26. The van der Waals surface area contributed by atoms with Crippen molar-refractivity contribution in [2.75, 3.05) is 13.7 Å². The molecule has 0 aliphatic rings. The Balaban J connectivity index is 3.59. The van der Waals surface area contributed by atoms with E-state index in [1.807, 2.05) is 13.0 Å². The molecule has 0 fully saturated rings. The third-order valence-electron chi connectivity index (χ3n) is 2.80. The number of hydrogen-bond acceptors (Lipinski definition) is 3. The van der Waals surface area contributed by atoms with Crippen LogP contribution in [0.25, 0.3) is 0 Å². The average Bonchev–Trinajstić information content (AvgIpc) is 2.30. The van der Waals surface area contributed by atoms with Crippen LogP contribution in [-0.4, -0.2) is 19.4 Å². The van der Waals surface area contributed by atoms with Gasteiger partial charge in [-0.05, 0) is 30.0 Å². The molecule has 1 aromatic carbocycles. The fraction of sp³-hybridized carbons (Fsp3) is 0.462. The molecule has 1 rings (SSSR count). The van der Waals surface area contributed by atoms with Crippen LogP contribution in [0.15, 0.2) is 10.5 Å². The molecule has 0 bridgehead atoms. The van der Waals surface area contributed by atoms with Crippen LogP contribution in [0.2, 0.25) is 0 Å². The van der Waals surface area contributed by atoms with Gasteiger partial charge in [-0.3, -0.25) is 4.79 Å². The summed E-state index contributed by atoms with van der Waals surface area (Å²) in [5.74, 6) is 0.838. The van der Waals surface area contributed by atoms with Gasteiger partial charge in [-0.1, -0.05) is 29.8 Å². The first-order chi connectivity index (χ1) is 7.93. The third kappa shape index (κ3) is 2.69. The van der Waals surface area contributed by atoms with E-state index in [0.29, 0.717) is 11.3 Å². The van der Waals surface area contributed by atoms with Gasteiger partial charge in [0.15, 0.2) is 5.78 Å². The van der Waals surface area contributed by atoms with Gasteiger partial charge >= 0.3 is 0 Å². The molecule has 4 heteroatoms. The van der Waals surface area contributed by atoms with Crippen molar-refractivity contribution in [3.05, 3.63) is 27.2 Å². The Bertz CT molecular complexity index is 442. The van der Waals surface area contributed by atoms with Gasteiger partial charge in [0.2, 0.25) is 0 Å². The summed E-state index contributed by atoms with van der Waals surface area (Å²) >= 11 is 3.48. The molecule has 94 valence electrons. The second-order valence-corrected chi connectivity index (χ2v) is 5.12. The van der Waals surface area contributed by atoms with Gasteiger partial charge in [0, 0.05) is 4.47 Å². The first-order valence-corrected chi connectivity index (χ1v) is 6.33. The van der Waals surface area contributed by atoms with E-state index in [1.165, 1.54) is 0 Å². The molecule has 0 saturated carbocycles. The Labute approximate surface area is 110 Å². The summed E-state index contributed by atoms with van der Waals surface area (Å²) in [4.78, 5) is 11.9. The van der Waals surface area contributed by atoms with Crippen molar-refractivity contribution in [3.8, 4) is 5.75 Å². The molecule has 0 unspecified atom stereocenters. The molecule has 2 N–H and O–H groups in total. The molecule has 0 saturated heterocycles. The molecule has 3 nitrogen and oxygen atoms in total. The number of carbonyl (C=O) groups is 1. The Morgan fingerprint density at radius 2 is 2.12 bits per heavy atom. The van der Waals surface area contributed by atoms with E-state index in [4.69, 9.17) is 10.5 Å². The monoisotopic (exact) mass is 299 g/mol. The highest BCUT2D eigenvalue weighted by atomic mass is 79.9. The number of hydrogen-bond donors (Lipinski definition) is 1. The number of rotatable bonds is 4. The van der Waals surface area contributed by atoms with Gasteiger partial charge in [-0.25, -0.2) is 0 Å². The highest BCUT2D eigenvalue weighted by Gasteiger charge is 2.21. The van der Waals surface area contributed by atoms with Gasteiger partial charge in [0.25, 0.3) is 0 Å². The number of benzene rings is 1. The number of methoxy groups -OCH3 is 1. The number of Topliss-reactive ketones (excluding diaryl/α,β-unsaturated/α-hetero) is 1. The van der Waals surface area contributed by atoms with Crippen LogP contribution in [0.3, 0.4) is 0 Å². The maximum Gasteiger partial charge on any atom is 0.180 e. The molecule has 0 aliphatic heterocycles. The minimum absolute atomic E-state index is 0.00874. The maximum atomic E-state index is 11.9. The lowest BCUT2D eigenvalue weighted by Gasteiger charge is -2.18. The average molecular weight is 300 g/mol. The quantitative estimate of drug-likeness (QED) is 0.870. The van der Waals surface area contributed by atoms with E-state index in [9.17, 15) is 4.79 Å². The van der Waals surface area contributed by atoms with Crippen molar-refractivity contribution in [2.24, 2.45) is 5.73 Å². The SMILES string of the molecule is COc1c(C(C)C)cc(Br)c(C)c1C(=O)CN. The zero-order chi connectivity index (χ0) is 13.2. The van der Waals surface area contributed by atoms with E-state index in [-0.39, 0.29) is 18.2 Å². The summed E-state index contributed by atoms with van der Waals surface area (Å²) in [6.07, 6.45) is 0. The smallest absolute Gasteiger partial charge is 0.180 e. The first kappa shape index (κ1) is 14.2. The molecule has 0 spiro atoms. The van der Waals surface area contributed by atoms with Gasteiger partial charge in [0.05, 0.1) is 19.2 Å². The van der Waals surface area contributed by atoms with Crippen molar-refractivity contribution in [1.29, 1.82) is 0 Å². The maximum absolute atomic E-state index is 11.9. The highest BCUT2D eigenvalue weighted by molar-refractivity contribution is 9.10. The van der Waals surface area contributed by atoms with Crippen molar-refractivity contribution in [1.82, 2.24) is 0 Å². The third-order valence-corrected chi connectivity index (χ3v) is 3.62. The highest BCUT2D eigenvalue weighted by Crippen LogP contribution is 2.36. The minimum Gasteiger partial charge on any atom is -0.496 e. The standard InChI is InChI=1S/C13H18BrNO2/c1-7(2)9-5-10(14)8(3)12(11(16)6-15)13(9)17-4/h5,7H,6,15H2,1-4H3. The van der Waals surface area contributed by atoms with Crippen LogP contribution in [-0.2, 0) is 0 Å². The normalized spacial score (nSPS) is 10.8. The molecule has 0 aromatic heterocycles. The summed E-state index contributed by atoms with van der Waals surface area (Å²) in [5, 5.41) is 0. The lowest BCUT2D eigenvalue weighted by atomic mass is 9.94. The van der Waals surface area contributed by atoms with E-state index < -0.39 is 0 Å². The summed E-state index contributed by atoms with van der Waals surface area (Å²) in [6.45, 7) is 6.01. The molecule has 0 atom stereocenters. The van der Waals surface area contributed by atoms with Gasteiger partial charge in [0.1, 0.15) is 5.75 Å². The largest absolute Gasteiger partial charge is 0.496 e. The van der Waals surface area contributed by atoms with Crippen LogP contribution >= 0.6 is 15.9 Å². The molecule has 17 heavy (non-hydrogen) atoms. The van der Waals surface area contributed by atoms with E-state index in [1.54, 1.807) is 7.11 Å². The lowest BCUT2D eigenvalue weighted by molar-refractivity contribution is 0.0997. The Kier molecular flexibility index (Phi) is 4.71. The van der Waals surface area contributed by atoms with Crippen LogP contribution in [0, 0.1) is 6.92 Å². The molecular formula is C13H18BrNO2. The van der Waals surface area contributed by atoms with Crippen LogP contribution in [0.5, 0.6) is 5.75 Å². The minimum atomic E-state index is -0.0949. The predicted molar refractivity (Wildman–Crippen MR) is 72.9 cm³/mol. The van der Waals surface area contributed by atoms with Crippen molar-refractivity contribution in [3.63, 3.8) is 0 Å². The molecular weight excluding hydrogens is 282 g/mol. The van der Waals surface area contributed by atoms with Gasteiger partial charge < -0.3 is 10.5 Å². The van der Waals surface area contributed by atoms with Crippen molar-refractivity contribution >= 4 is 21.7 Å². The van der Waals surface area contributed by atoms with Crippen molar-refractivity contribution < 1.29 is 9.53 Å². The fourth-order valence-corrected chi connectivity index (χ4v) is 2.28. The van der Waals surface area contributed by atoms with Gasteiger partial charge in [-0.2, -0.15) is 0 Å². The predicted octanol–water partition coefficient (Wildman–Crippen LogP) is 3.03. The number of ketones is 1.